The smallest absolute Gasteiger partial charge is 0.304 e. The molecule has 2 aromatic heterocycles. The lowest BCUT2D eigenvalue weighted by molar-refractivity contribution is -0.137. The molecule has 0 aliphatic heterocycles. The van der Waals surface area contributed by atoms with Gasteiger partial charge in [-0.3, -0.25) is 14.3 Å². The van der Waals surface area contributed by atoms with E-state index in [0.29, 0.717) is 6.54 Å². The van der Waals surface area contributed by atoms with Crippen molar-refractivity contribution >= 4 is 23.2 Å². The van der Waals surface area contributed by atoms with Gasteiger partial charge >= 0.3 is 5.97 Å². The van der Waals surface area contributed by atoms with Crippen molar-refractivity contribution in [2.75, 3.05) is 7.05 Å². The highest BCUT2D eigenvalue weighted by molar-refractivity contribution is 7.10. The van der Waals surface area contributed by atoms with E-state index in [1.54, 1.807) is 18.1 Å². The standard InChI is InChI=1S/C16H21N3O3S/c1-3-19-13(6-7-17-19)11-18(2)15(20)9-12(10-16(21)22)14-5-4-8-23-14/h4-8,12H,3,9-11H2,1-2H3,(H,21,22). The summed E-state index contributed by atoms with van der Waals surface area (Å²) in [5.41, 5.74) is 0.967. The maximum atomic E-state index is 12.5. The number of carbonyl (C=O) groups excluding carboxylic acids is 1. The third-order valence-corrected chi connectivity index (χ3v) is 4.75. The first kappa shape index (κ1) is 17.2. The van der Waals surface area contributed by atoms with Gasteiger partial charge in [-0.1, -0.05) is 6.07 Å². The number of aryl methyl sites for hydroxylation is 1. The minimum Gasteiger partial charge on any atom is -0.481 e. The number of carboxylic acids is 1. The molecule has 0 spiro atoms. The van der Waals surface area contributed by atoms with Gasteiger partial charge in [-0.05, 0) is 24.4 Å². The van der Waals surface area contributed by atoms with Gasteiger partial charge in [-0.15, -0.1) is 11.3 Å². The van der Waals surface area contributed by atoms with Crippen molar-refractivity contribution < 1.29 is 14.7 Å². The highest BCUT2D eigenvalue weighted by Gasteiger charge is 2.22. The first-order chi connectivity index (χ1) is 11.0. The quantitative estimate of drug-likeness (QED) is 0.804. The Labute approximate surface area is 139 Å². The Kier molecular flexibility index (Phi) is 5.92. The van der Waals surface area contributed by atoms with Crippen LogP contribution in [0.1, 0.15) is 36.3 Å². The van der Waals surface area contributed by atoms with Crippen LogP contribution < -0.4 is 0 Å². The number of carbonyl (C=O) groups is 2. The molecule has 0 saturated heterocycles. The third kappa shape index (κ3) is 4.66. The second-order valence-corrected chi connectivity index (χ2v) is 6.38. The average molecular weight is 335 g/mol. The van der Waals surface area contributed by atoms with Gasteiger partial charge in [0.1, 0.15) is 0 Å². The number of hydrogen-bond donors (Lipinski definition) is 1. The molecule has 0 aromatic carbocycles. The molecule has 23 heavy (non-hydrogen) atoms. The Balaban J connectivity index is 2.01. The molecule has 2 heterocycles. The van der Waals surface area contributed by atoms with Gasteiger partial charge in [0.15, 0.2) is 0 Å². The molecule has 2 rings (SSSR count). The van der Waals surface area contributed by atoms with Gasteiger partial charge in [0.05, 0.1) is 18.7 Å². The van der Waals surface area contributed by atoms with Crippen LogP contribution in [0.2, 0.25) is 0 Å². The van der Waals surface area contributed by atoms with Crippen LogP contribution in [0.25, 0.3) is 0 Å². The lowest BCUT2D eigenvalue weighted by Crippen LogP contribution is -2.29. The molecular formula is C16H21N3O3S. The summed E-state index contributed by atoms with van der Waals surface area (Å²) in [5.74, 6) is -1.23. The third-order valence-electron chi connectivity index (χ3n) is 3.72. The molecule has 1 unspecified atom stereocenters. The van der Waals surface area contributed by atoms with Crippen LogP contribution in [0, 0.1) is 0 Å². The molecule has 124 valence electrons. The van der Waals surface area contributed by atoms with Crippen LogP contribution in [-0.2, 0) is 22.7 Å². The van der Waals surface area contributed by atoms with Gasteiger partial charge in [-0.25, -0.2) is 0 Å². The van der Waals surface area contributed by atoms with Crippen LogP contribution in [0.3, 0.4) is 0 Å². The number of rotatable bonds is 8. The zero-order chi connectivity index (χ0) is 16.8. The van der Waals surface area contributed by atoms with Gasteiger partial charge in [0.2, 0.25) is 5.91 Å². The summed E-state index contributed by atoms with van der Waals surface area (Å²) in [7, 11) is 1.74. The van der Waals surface area contributed by atoms with E-state index in [0.717, 1.165) is 17.1 Å². The molecule has 2 aromatic rings. The normalized spacial score (nSPS) is 12.1. The van der Waals surface area contributed by atoms with Crippen molar-refractivity contribution in [2.24, 2.45) is 0 Å². The number of aromatic nitrogens is 2. The lowest BCUT2D eigenvalue weighted by atomic mass is 9.99. The second kappa shape index (κ2) is 7.92. The van der Waals surface area contributed by atoms with E-state index >= 15 is 0 Å². The van der Waals surface area contributed by atoms with Crippen molar-refractivity contribution in [1.29, 1.82) is 0 Å². The number of aliphatic carboxylic acids is 1. The molecule has 1 N–H and O–H groups in total. The Morgan fingerprint density at radius 2 is 2.17 bits per heavy atom. The number of hydrogen-bond acceptors (Lipinski definition) is 4. The summed E-state index contributed by atoms with van der Waals surface area (Å²) in [5, 5.41) is 15.2. The van der Waals surface area contributed by atoms with Gasteiger partial charge in [0.25, 0.3) is 0 Å². The minimum absolute atomic E-state index is 0.0347. The van der Waals surface area contributed by atoms with Crippen LogP contribution in [0.5, 0.6) is 0 Å². The van der Waals surface area contributed by atoms with Crippen LogP contribution in [0.15, 0.2) is 29.8 Å². The van der Waals surface area contributed by atoms with E-state index < -0.39 is 5.97 Å². The number of thiophene rings is 1. The minimum atomic E-state index is -0.886. The summed E-state index contributed by atoms with van der Waals surface area (Å²) in [6, 6.07) is 5.65. The molecule has 7 heteroatoms. The fourth-order valence-corrected chi connectivity index (χ4v) is 3.32. The Bertz CT molecular complexity index is 651. The van der Waals surface area contributed by atoms with Crippen molar-refractivity contribution in [3.63, 3.8) is 0 Å². The van der Waals surface area contributed by atoms with E-state index in [9.17, 15) is 9.59 Å². The maximum Gasteiger partial charge on any atom is 0.304 e. The van der Waals surface area contributed by atoms with E-state index in [4.69, 9.17) is 5.11 Å². The molecule has 6 nitrogen and oxygen atoms in total. The lowest BCUT2D eigenvalue weighted by Gasteiger charge is -2.20. The molecule has 1 atom stereocenters. The van der Waals surface area contributed by atoms with Gasteiger partial charge in [0, 0.05) is 37.0 Å². The molecule has 1 amide bonds. The zero-order valence-electron chi connectivity index (χ0n) is 13.3. The average Bonchev–Trinajstić information content (AvgIpc) is 3.17. The van der Waals surface area contributed by atoms with E-state index in [1.807, 2.05) is 35.2 Å². The highest BCUT2D eigenvalue weighted by Crippen LogP contribution is 2.28. The Morgan fingerprint density at radius 3 is 2.78 bits per heavy atom. The van der Waals surface area contributed by atoms with Crippen LogP contribution >= 0.6 is 11.3 Å². The fourth-order valence-electron chi connectivity index (χ4n) is 2.48. The van der Waals surface area contributed by atoms with Crippen molar-refractivity contribution in [3.8, 4) is 0 Å². The maximum absolute atomic E-state index is 12.5. The molecule has 0 bridgehead atoms. The topological polar surface area (TPSA) is 75.4 Å². The number of amides is 1. The SMILES string of the molecule is CCn1nccc1CN(C)C(=O)CC(CC(=O)O)c1cccs1. The second-order valence-electron chi connectivity index (χ2n) is 5.40. The summed E-state index contributed by atoms with van der Waals surface area (Å²) in [4.78, 5) is 26.1. The summed E-state index contributed by atoms with van der Waals surface area (Å²) >= 11 is 1.49. The molecule has 0 fully saturated rings. The monoisotopic (exact) mass is 335 g/mol. The van der Waals surface area contributed by atoms with Gasteiger partial charge in [-0.2, -0.15) is 5.10 Å². The molecule has 0 aliphatic rings. The highest BCUT2D eigenvalue weighted by atomic mass is 32.1. The van der Waals surface area contributed by atoms with Gasteiger partial charge < -0.3 is 10.0 Å². The Morgan fingerprint density at radius 1 is 1.39 bits per heavy atom. The number of carboxylic acid groups (broad SMARTS) is 1. The van der Waals surface area contributed by atoms with Crippen molar-refractivity contribution in [3.05, 3.63) is 40.3 Å². The predicted octanol–water partition coefficient (Wildman–Crippen LogP) is 2.57. The summed E-state index contributed by atoms with van der Waals surface area (Å²) < 4.78 is 1.85. The molecule has 0 radical (unpaired) electrons. The van der Waals surface area contributed by atoms with Crippen LogP contribution in [0.4, 0.5) is 0 Å². The Hall–Kier alpha value is -2.15. The number of nitrogens with zero attached hydrogens (tertiary/aromatic N) is 3. The predicted molar refractivity (Wildman–Crippen MR) is 88.3 cm³/mol. The first-order valence-corrected chi connectivity index (χ1v) is 8.39. The first-order valence-electron chi connectivity index (χ1n) is 7.51. The molecule has 0 aliphatic carbocycles. The summed E-state index contributed by atoms with van der Waals surface area (Å²) in [6.45, 7) is 3.22. The zero-order valence-corrected chi connectivity index (χ0v) is 14.1. The van der Waals surface area contributed by atoms with Crippen molar-refractivity contribution in [1.82, 2.24) is 14.7 Å². The fraction of sp³-hybridized carbons (Fsp3) is 0.438. The van der Waals surface area contributed by atoms with E-state index in [2.05, 4.69) is 5.10 Å². The molecule has 0 saturated carbocycles. The van der Waals surface area contributed by atoms with E-state index in [-0.39, 0.29) is 24.7 Å². The summed E-state index contributed by atoms with van der Waals surface area (Å²) in [6.07, 6.45) is 1.88. The van der Waals surface area contributed by atoms with Crippen LogP contribution in [-0.4, -0.2) is 38.7 Å². The van der Waals surface area contributed by atoms with Crippen molar-refractivity contribution in [2.45, 2.75) is 38.8 Å². The molecular weight excluding hydrogens is 314 g/mol. The largest absolute Gasteiger partial charge is 0.481 e. The van der Waals surface area contributed by atoms with E-state index in [1.165, 1.54) is 11.3 Å².